The molecule has 2 amide bonds. The Morgan fingerprint density at radius 2 is 1.58 bits per heavy atom. The molecule has 0 spiro atoms. The molecule has 1 aromatic carbocycles. The fraction of sp³-hybridized carbons (Fsp3) is 0.529. The maximum absolute atomic E-state index is 12.1. The molecule has 0 bridgehead atoms. The lowest BCUT2D eigenvalue weighted by Crippen LogP contribution is -2.51. The fourth-order valence-corrected chi connectivity index (χ4v) is 2.81. The summed E-state index contributed by atoms with van der Waals surface area (Å²) in [5.41, 5.74) is 0.633. The third-order valence-corrected chi connectivity index (χ3v) is 4.13. The summed E-state index contributed by atoms with van der Waals surface area (Å²) >= 11 is 6.04. The Balaban J connectivity index is 1.72. The zero-order chi connectivity index (χ0) is 17.5. The van der Waals surface area contributed by atoms with Gasteiger partial charge in [0.1, 0.15) is 0 Å². The SMILES string of the molecule is CC(C)NC(=O)CN1CCN(CC(=O)Nc2ccccc2Cl)CC1. The minimum absolute atomic E-state index is 0.0508. The number of hydrogen-bond donors (Lipinski definition) is 2. The highest BCUT2D eigenvalue weighted by molar-refractivity contribution is 6.33. The first-order chi connectivity index (χ1) is 11.4. The lowest BCUT2D eigenvalue weighted by molar-refractivity contribution is -0.124. The second kappa shape index (κ2) is 9.01. The van der Waals surface area contributed by atoms with Gasteiger partial charge in [-0.05, 0) is 26.0 Å². The smallest absolute Gasteiger partial charge is 0.238 e. The van der Waals surface area contributed by atoms with Crippen LogP contribution in [0.15, 0.2) is 24.3 Å². The first-order valence-corrected chi connectivity index (χ1v) is 8.60. The van der Waals surface area contributed by atoms with E-state index in [1.807, 2.05) is 26.0 Å². The number of halogens is 1. The molecule has 132 valence electrons. The van der Waals surface area contributed by atoms with Crippen molar-refractivity contribution in [3.8, 4) is 0 Å². The highest BCUT2D eigenvalue weighted by Crippen LogP contribution is 2.20. The van der Waals surface area contributed by atoms with Crippen molar-refractivity contribution < 1.29 is 9.59 Å². The van der Waals surface area contributed by atoms with Gasteiger partial charge in [-0.2, -0.15) is 0 Å². The summed E-state index contributed by atoms with van der Waals surface area (Å²) < 4.78 is 0. The Hall–Kier alpha value is -1.63. The van der Waals surface area contributed by atoms with Gasteiger partial charge in [0.05, 0.1) is 23.8 Å². The van der Waals surface area contributed by atoms with Crippen molar-refractivity contribution in [3.05, 3.63) is 29.3 Å². The first kappa shape index (κ1) is 18.7. The Bertz CT molecular complexity index is 571. The Morgan fingerprint density at radius 1 is 1.04 bits per heavy atom. The quantitative estimate of drug-likeness (QED) is 0.812. The molecule has 0 radical (unpaired) electrons. The van der Waals surface area contributed by atoms with Crippen molar-refractivity contribution in [2.24, 2.45) is 0 Å². The van der Waals surface area contributed by atoms with Gasteiger partial charge in [-0.25, -0.2) is 0 Å². The summed E-state index contributed by atoms with van der Waals surface area (Å²) in [4.78, 5) is 28.1. The average Bonchev–Trinajstić information content (AvgIpc) is 2.51. The van der Waals surface area contributed by atoms with Gasteiger partial charge in [0, 0.05) is 32.2 Å². The highest BCUT2D eigenvalue weighted by Gasteiger charge is 2.21. The minimum atomic E-state index is -0.0749. The summed E-state index contributed by atoms with van der Waals surface area (Å²) in [6.07, 6.45) is 0. The molecule has 6 nitrogen and oxygen atoms in total. The van der Waals surface area contributed by atoms with Gasteiger partial charge < -0.3 is 10.6 Å². The van der Waals surface area contributed by atoms with E-state index in [9.17, 15) is 9.59 Å². The van der Waals surface area contributed by atoms with Crippen molar-refractivity contribution in [1.29, 1.82) is 0 Å². The van der Waals surface area contributed by atoms with E-state index >= 15 is 0 Å². The molecular weight excluding hydrogens is 328 g/mol. The zero-order valence-electron chi connectivity index (χ0n) is 14.2. The van der Waals surface area contributed by atoms with Gasteiger partial charge in [-0.3, -0.25) is 19.4 Å². The molecule has 0 unspecified atom stereocenters. The van der Waals surface area contributed by atoms with Gasteiger partial charge in [0.25, 0.3) is 0 Å². The number of amides is 2. The van der Waals surface area contributed by atoms with Crippen LogP contribution in [0.4, 0.5) is 5.69 Å². The second-order valence-corrected chi connectivity index (χ2v) is 6.71. The van der Waals surface area contributed by atoms with Crippen molar-refractivity contribution in [1.82, 2.24) is 15.1 Å². The molecule has 1 heterocycles. The van der Waals surface area contributed by atoms with Gasteiger partial charge in [0.15, 0.2) is 0 Å². The van der Waals surface area contributed by atoms with E-state index in [-0.39, 0.29) is 17.9 Å². The van der Waals surface area contributed by atoms with Crippen LogP contribution in [0.1, 0.15) is 13.8 Å². The molecule has 0 aliphatic carbocycles. The van der Waals surface area contributed by atoms with Crippen LogP contribution in [-0.2, 0) is 9.59 Å². The average molecular weight is 353 g/mol. The predicted molar refractivity (Wildman–Crippen MR) is 96.2 cm³/mol. The third-order valence-electron chi connectivity index (χ3n) is 3.80. The van der Waals surface area contributed by atoms with Crippen LogP contribution < -0.4 is 10.6 Å². The molecular formula is C17H25ClN4O2. The number of nitrogens with one attached hydrogen (secondary N) is 2. The number of hydrogen-bond acceptors (Lipinski definition) is 4. The number of benzene rings is 1. The number of carbonyl (C=O) groups is 2. The number of piperazine rings is 1. The van der Waals surface area contributed by atoms with E-state index < -0.39 is 0 Å². The molecule has 1 aliphatic rings. The topological polar surface area (TPSA) is 64.7 Å². The van der Waals surface area contributed by atoms with Crippen LogP contribution in [0.2, 0.25) is 5.02 Å². The Kier molecular flexibility index (Phi) is 7.02. The van der Waals surface area contributed by atoms with E-state index in [1.165, 1.54) is 0 Å². The number of nitrogens with zero attached hydrogens (tertiary/aromatic N) is 2. The molecule has 1 aromatic rings. The van der Waals surface area contributed by atoms with Crippen LogP contribution in [0.3, 0.4) is 0 Å². The standard InChI is InChI=1S/C17H25ClN4O2/c1-13(2)19-16(23)11-21-7-9-22(10-8-21)12-17(24)20-15-6-4-3-5-14(15)18/h3-6,13H,7-12H2,1-2H3,(H,19,23)(H,20,24). The molecule has 1 saturated heterocycles. The van der Waals surface area contributed by atoms with Gasteiger partial charge in [-0.15, -0.1) is 0 Å². The molecule has 24 heavy (non-hydrogen) atoms. The number of carbonyl (C=O) groups excluding carboxylic acids is 2. The van der Waals surface area contributed by atoms with Crippen molar-refractivity contribution in [3.63, 3.8) is 0 Å². The number of para-hydroxylation sites is 1. The van der Waals surface area contributed by atoms with Gasteiger partial charge in [0.2, 0.25) is 11.8 Å². The summed E-state index contributed by atoms with van der Waals surface area (Å²) in [6.45, 7) is 7.75. The van der Waals surface area contributed by atoms with Crippen LogP contribution in [0.5, 0.6) is 0 Å². The zero-order valence-corrected chi connectivity index (χ0v) is 15.0. The normalized spacial score (nSPS) is 16.2. The molecule has 0 saturated carbocycles. The van der Waals surface area contributed by atoms with Gasteiger partial charge >= 0.3 is 0 Å². The summed E-state index contributed by atoms with van der Waals surface area (Å²) in [6, 6.07) is 7.35. The molecule has 7 heteroatoms. The molecule has 1 aliphatic heterocycles. The Labute approximate surface area is 148 Å². The van der Waals surface area contributed by atoms with Gasteiger partial charge in [-0.1, -0.05) is 23.7 Å². The molecule has 0 atom stereocenters. The predicted octanol–water partition coefficient (Wildman–Crippen LogP) is 1.42. The first-order valence-electron chi connectivity index (χ1n) is 8.22. The summed E-state index contributed by atoms with van der Waals surface area (Å²) in [5.74, 6) is -0.0241. The fourth-order valence-electron chi connectivity index (χ4n) is 2.63. The van der Waals surface area contributed by atoms with Crippen molar-refractivity contribution in [2.75, 3.05) is 44.6 Å². The number of rotatable bonds is 6. The van der Waals surface area contributed by atoms with Crippen LogP contribution in [0, 0.1) is 0 Å². The van der Waals surface area contributed by atoms with Crippen LogP contribution >= 0.6 is 11.6 Å². The van der Waals surface area contributed by atoms with E-state index in [0.717, 1.165) is 26.2 Å². The molecule has 2 rings (SSSR count). The second-order valence-electron chi connectivity index (χ2n) is 6.30. The van der Waals surface area contributed by atoms with E-state index in [4.69, 9.17) is 11.6 Å². The third kappa shape index (κ3) is 6.11. The monoisotopic (exact) mass is 352 g/mol. The summed E-state index contributed by atoms with van der Waals surface area (Å²) in [7, 11) is 0. The van der Waals surface area contributed by atoms with E-state index in [1.54, 1.807) is 12.1 Å². The van der Waals surface area contributed by atoms with Crippen molar-refractivity contribution in [2.45, 2.75) is 19.9 Å². The molecule has 2 N–H and O–H groups in total. The van der Waals surface area contributed by atoms with E-state index in [2.05, 4.69) is 20.4 Å². The Morgan fingerprint density at radius 3 is 2.12 bits per heavy atom. The maximum atomic E-state index is 12.1. The molecule has 1 fully saturated rings. The van der Waals surface area contributed by atoms with Crippen LogP contribution in [-0.4, -0.2) is 66.9 Å². The number of anilines is 1. The van der Waals surface area contributed by atoms with Crippen molar-refractivity contribution >= 4 is 29.1 Å². The lowest BCUT2D eigenvalue weighted by Gasteiger charge is -2.33. The molecule has 0 aromatic heterocycles. The van der Waals surface area contributed by atoms with Crippen LogP contribution in [0.25, 0.3) is 0 Å². The minimum Gasteiger partial charge on any atom is -0.353 e. The maximum Gasteiger partial charge on any atom is 0.238 e. The van der Waals surface area contributed by atoms with E-state index in [0.29, 0.717) is 23.8 Å². The highest BCUT2D eigenvalue weighted by atomic mass is 35.5. The summed E-state index contributed by atoms with van der Waals surface area (Å²) in [5, 5.41) is 6.26. The largest absolute Gasteiger partial charge is 0.353 e. The lowest BCUT2D eigenvalue weighted by atomic mass is 10.3.